The molecule has 6 heteroatoms. The van der Waals surface area contributed by atoms with Crippen LogP contribution in [0, 0.1) is 0 Å². The predicted molar refractivity (Wildman–Crippen MR) is 78.6 cm³/mol. The third kappa shape index (κ3) is 2.64. The Morgan fingerprint density at radius 1 is 1.24 bits per heavy atom. The van der Waals surface area contributed by atoms with E-state index in [9.17, 15) is 4.79 Å². The number of pyridine rings is 1. The highest BCUT2D eigenvalue weighted by atomic mass is 16.4. The molecule has 0 bridgehead atoms. The minimum absolute atomic E-state index is 0.258. The zero-order valence-electron chi connectivity index (χ0n) is 11.3. The van der Waals surface area contributed by atoms with Crippen molar-refractivity contribution in [3.63, 3.8) is 0 Å². The Hall–Kier alpha value is -3.02. The molecule has 0 aliphatic rings. The van der Waals surface area contributed by atoms with Crippen molar-refractivity contribution in [1.82, 2.24) is 20.0 Å². The summed E-state index contributed by atoms with van der Waals surface area (Å²) in [6.45, 7) is 0. The van der Waals surface area contributed by atoms with Crippen LogP contribution in [0.1, 0.15) is 21.7 Å². The van der Waals surface area contributed by atoms with E-state index in [0.29, 0.717) is 0 Å². The first-order chi connectivity index (χ1) is 10.1. The number of carboxylic acid groups (broad SMARTS) is 1. The average molecular weight is 280 g/mol. The molecule has 2 aromatic heterocycles. The van der Waals surface area contributed by atoms with Gasteiger partial charge < -0.3 is 5.11 Å². The number of rotatable bonds is 3. The van der Waals surface area contributed by atoms with Gasteiger partial charge in [-0.15, -0.1) is 5.10 Å². The van der Waals surface area contributed by atoms with E-state index in [1.807, 2.05) is 31.3 Å². The van der Waals surface area contributed by atoms with E-state index >= 15 is 0 Å². The highest BCUT2D eigenvalue weighted by molar-refractivity contribution is 5.93. The van der Waals surface area contributed by atoms with Crippen molar-refractivity contribution in [2.45, 2.75) is 0 Å². The number of benzene rings is 1. The molecule has 3 aromatic rings. The first-order valence-corrected chi connectivity index (χ1v) is 6.30. The molecule has 0 unspecified atom stereocenters. The van der Waals surface area contributed by atoms with Gasteiger partial charge in [0.05, 0.1) is 28.7 Å². The molecule has 0 amide bonds. The Morgan fingerprint density at radius 2 is 2.10 bits per heavy atom. The Morgan fingerprint density at radius 3 is 2.81 bits per heavy atom. The Balaban J connectivity index is 1.94. The van der Waals surface area contributed by atoms with Crippen LogP contribution in [-0.2, 0) is 7.05 Å². The quantitative estimate of drug-likeness (QED) is 0.795. The minimum atomic E-state index is -0.940. The lowest BCUT2D eigenvalue weighted by Crippen LogP contribution is -1.96. The lowest BCUT2D eigenvalue weighted by molar-refractivity contribution is 0.0697. The first-order valence-electron chi connectivity index (χ1n) is 6.30. The molecule has 0 saturated carbocycles. The number of nitrogens with zero attached hydrogens (tertiary/aromatic N) is 4. The van der Waals surface area contributed by atoms with Crippen molar-refractivity contribution in [1.29, 1.82) is 0 Å². The number of aromatic carboxylic acids is 1. The molecule has 3 rings (SSSR count). The standard InChI is InChI=1S/C15H12N4O2/c1-19-13(9-16-18-19)6-5-12-4-2-10-8-11(15(20)21)3-7-14(10)17-12/h2-9H,1H3,(H,20,21). The lowest BCUT2D eigenvalue weighted by Gasteiger charge is -2.01. The summed E-state index contributed by atoms with van der Waals surface area (Å²) < 4.78 is 1.66. The third-order valence-electron chi connectivity index (χ3n) is 3.13. The summed E-state index contributed by atoms with van der Waals surface area (Å²) in [6.07, 6.45) is 5.40. The van der Waals surface area contributed by atoms with Gasteiger partial charge in [-0.05, 0) is 36.4 Å². The van der Waals surface area contributed by atoms with E-state index < -0.39 is 5.97 Å². The van der Waals surface area contributed by atoms with Crippen molar-refractivity contribution in [2.24, 2.45) is 7.05 Å². The predicted octanol–water partition coefficient (Wildman–Crippen LogP) is 2.23. The summed E-state index contributed by atoms with van der Waals surface area (Å²) in [6, 6.07) is 8.57. The van der Waals surface area contributed by atoms with Gasteiger partial charge in [0.15, 0.2) is 0 Å². The molecular formula is C15H12N4O2. The number of fused-ring (bicyclic) bond motifs is 1. The monoisotopic (exact) mass is 280 g/mol. The molecular weight excluding hydrogens is 268 g/mol. The third-order valence-corrected chi connectivity index (χ3v) is 3.13. The summed E-state index contributed by atoms with van der Waals surface area (Å²) in [5.74, 6) is -0.940. The summed E-state index contributed by atoms with van der Waals surface area (Å²) in [7, 11) is 1.81. The highest BCUT2D eigenvalue weighted by Crippen LogP contribution is 2.16. The van der Waals surface area contributed by atoms with E-state index in [4.69, 9.17) is 5.11 Å². The maximum absolute atomic E-state index is 10.9. The van der Waals surface area contributed by atoms with Crippen LogP contribution in [0.5, 0.6) is 0 Å². The van der Waals surface area contributed by atoms with Gasteiger partial charge in [-0.3, -0.25) is 0 Å². The van der Waals surface area contributed by atoms with Gasteiger partial charge in [-0.2, -0.15) is 0 Å². The fourth-order valence-electron chi connectivity index (χ4n) is 1.99. The van der Waals surface area contributed by atoms with E-state index in [1.54, 1.807) is 29.1 Å². The molecule has 6 nitrogen and oxygen atoms in total. The molecule has 104 valence electrons. The summed E-state index contributed by atoms with van der Waals surface area (Å²) >= 11 is 0. The van der Waals surface area contributed by atoms with Gasteiger partial charge >= 0.3 is 5.97 Å². The average Bonchev–Trinajstić information content (AvgIpc) is 2.89. The second-order valence-electron chi connectivity index (χ2n) is 4.56. The largest absolute Gasteiger partial charge is 0.478 e. The van der Waals surface area contributed by atoms with E-state index in [1.165, 1.54) is 0 Å². The second-order valence-corrected chi connectivity index (χ2v) is 4.56. The summed E-state index contributed by atoms with van der Waals surface area (Å²) in [5.41, 5.74) is 2.67. The van der Waals surface area contributed by atoms with Gasteiger partial charge in [0.2, 0.25) is 0 Å². The van der Waals surface area contributed by atoms with Crippen molar-refractivity contribution in [3.8, 4) is 0 Å². The van der Waals surface area contributed by atoms with Crippen LogP contribution in [0.3, 0.4) is 0 Å². The van der Waals surface area contributed by atoms with Crippen molar-refractivity contribution in [3.05, 3.63) is 53.5 Å². The number of hydrogen-bond donors (Lipinski definition) is 1. The Labute approximate surface area is 120 Å². The molecule has 0 spiro atoms. The Kier molecular flexibility index (Phi) is 3.19. The molecule has 21 heavy (non-hydrogen) atoms. The van der Waals surface area contributed by atoms with Crippen molar-refractivity contribution in [2.75, 3.05) is 0 Å². The van der Waals surface area contributed by atoms with Gasteiger partial charge in [0.25, 0.3) is 0 Å². The first kappa shape index (κ1) is 13.0. The molecule has 2 heterocycles. The van der Waals surface area contributed by atoms with E-state index in [0.717, 1.165) is 22.3 Å². The minimum Gasteiger partial charge on any atom is -0.478 e. The van der Waals surface area contributed by atoms with E-state index in [-0.39, 0.29) is 5.56 Å². The smallest absolute Gasteiger partial charge is 0.335 e. The maximum atomic E-state index is 10.9. The van der Waals surface area contributed by atoms with Gasteiger partial charge in [-0.25, -0.2) is 14.5 Å². The van der Waals surface area contributed by atoms with Gasteiger partial charge in [0, 0.05) is 12.4 Å². The summed E-state index contributed by atoms with van der Waals surface area (Å²) in [4.78, 5) is 15.4. The fraction of sp³-hybridized carbons (Fsp3) is 0.0667. The number of carboxylic acids is 1. The molecule has 0 radical (unpaired) electrons. The van der Waals surface area contributed by atoms with Crippen molar-refractivity contribution < 1.29 is 9.90 Å². The van der Waals surface area contributed by atoms with Crippen LogP contribution >= 0.6 is 0 Å². The molecule has 0 saturated heterocycles. The molecule has 0 atom stereocenters. The molecule has 0 aliphatic heterocycles. The van der Waals surface area contributed by atoms with Crippen LogP contribution in [0.2, 0.25) is 0 Å². The van der Waals surface area contributed by atoms with Gasteiger partial charge in [-0.1, -0.05) is 11.3 Å². The number of hydrogen-bond acceptors (Lipinski definition) is 4. The van der Waals surface area contributed by atoms with Crippen LogP contribution in [-0.4, -0.2) is 31.1 Å². The van der Waals surface area contributed by atoms with Crippen molar-refractivity contribution >= 4 is 29.0 Å². The molecule has 1 aromatic carbocycles. The topological polar surface area (TPSA) is 80.9 Å². The zero-order chi connectivity index (χ0) is 14.8. The highest BCUT2D eigenvalue weighted by Gasteiger charge is 2.04. The normalized spacial score (nSPS) is 11.3. The van der Waals surface area contributed by atoms with Crippen LogP contribution in [0.25, 0.3) is 23.1 Å². The van der Waals surface area contributed by atoms with Crippen LogP contribution in [0.15, 0.2) is 36.5 Å². The molecule has 0 fully saturated rings. The SMILES string of the molecule is Cn1nncc1C=Cc1ccc2cc(C(=O)O)ccc2n1. The second kappa shape index (κ2) is 5.16. The van der Waals surface area contributed by atoms with E-state index in [2.05, 4.69) is 15.3 Å². The fourth-order valence-corrected chi connectivity index (χ4v) is 1.99. The molecule has 0 aliphatic carbocycles. The number of aromatic nitrogens is 4. The van der Waals surface area contributed by atoms with Crippen LogP contribution in [0.4, 0.5) is 0 Å². The number of aryl methyl sites for hydroxylation is 1. The Bertz CT molecular complexity index is 852. The van der Waals surface area contributed by atoms with Gasteiger partial charge in [0.1, 0.15) is 0 Å². The molecule has 1 N–H and O–H groups in total. The lowest BCUT2D eigenvalue weighted by atomic mass is 10.1. The zero-order valence-corrected chi connectivity index (χ0v) is 11.3. The number of carbonyl (C=O) groups is 1. The maximum Gasteiger partial charge on any atom is 0.335 e. The van der Waals surface area contributed by atoms with Crippen LogP contribution < -0.4 is 0 Å². The summed E-state index contributed by atoms with van der Waals surface area (Å²) in [5, 5.41) is 17.4.